The zero-order chi connectivity index (χ0) is 23.8. The van der Waals surface area contributed by atoms with Crippen molar-refractivity contribution in [2.24, 2.45) is 0 Å². The van der Waals surface area contributed by atoms with Crippen molar-refractivity contribution in [3.05, 3.63) is 53.6 Å². The number of unbranched alkanes of at least 4 members (excludes halogenated alkanes) is 1. The van der Waals surface area contributed by atoms with Gasteiger partial charge in [0.2, 0.25) is 0 Å². The number of amides is 1. The molecule has 0 aliphatic carbocycles. The molecule has 1 aliphatic heterocycles. The first-order valence-corrected chi connectivity index (χ1v) is 13.2. The number of nitrogens with zero attached hydrogens (tertiary/aromatic N) is 3. The summed E-state index contributed by atoms with van der Waals surface area (Å²) in [4.78, 5) is 22.8. The van der Waals surface area contributed by atoms with Crippen LogP contribution in [-0.4, -0.2) is 61.8 Å². The molecule has 1 fully saturated rings. The van der Waals surface area contributed by atoms with Crippen molar-refractivity contribution in [1.82, 2.24) is 9.88 Å². The van der Waals surface area contributed by atoms with Gasteiger partial charge in [-0.1, -0.05) is 43.7 Å². The number of fused-ring (bicyclic) bond motifs is 1. The number of carbonyl (C=O) groups excluding carboxylic acids is 1. The van der Waals surface area contributed by atoms with E-state index in [1.165, 1.54) is 5.56 Å². The third kappa shape index (κ3) is 6.34. The maximum atomic E-state index is 13.7. The molecule has 34 heavy (non-hydrogen) atoms. The summed E-state index contributed by atoms with van der Waals surface area (Å²) in [5, 5.41) is 0.757. The Labute approximate surface area is 206 Å². The van der Waals surface area contributed by atoms with Gasteiger partial charge in [-0.15, -0.1) is 0 Å². The minimum Gasteiger partial charge on any atom is -0.494 e. The van der Waals surface area contributed by atoms with E-state index in [2.05, 4.69) is 36.9 Å². The Morgan fingerprint density at radius 1 is 1.15 bits per heavy atom. The second kappa shape index (κ2) is 12.3. The Balaban J connectivity index is 1.55. The number of benzene rings is 2. The Morgan fingerprint density at radius 2 is 2.00 bits per heavy atom. The quantitative estimate of drug-likeness (QED) is 0.343. The summed E-state index contributed by atoms with van der Waals surface area (Å²) in [7, 11) is 0. The zero-order valence-corrected chi connectivity index (χ0v) is 21.1. The second-order valence-corrected chi connectivity index (χ2v) is 9.66. The number of anilines is 1. The summed E-state index contributed by atoms with van der Waals surface area (Å²) in [5.41, 5.74) is 2.86. The van der Waals surface area contributed by atoms with Gasteiger partial charge in [0.1, 0.15) is 5.75 Å². The average Bonchev–Trinajstić information content (AvgIpc) is 3.30. The molecule has 4 rings (SSSR count). The Morgan fingerprint density at radius 3 is 2.79 bits per heavy atom. The molecule has 182 valence electrons. The van der Waals surface area contributed by atoms with Crippen molar-refractivity contribution in [2.45, 2.75) is 39.5 Å². The molecule has 2 aromatic carbocycles. The highest BCUT2D eigenvalue weighted by atomic mass is 32.1. The number of rotatable bonds is 11. The van der Waals surface area contributed by atoms with Crippen LogP contribution in [0.5, 0.6) is 5.75 Å². The standard InChI is InChI=1S/C27H35N3O3S/c1-3-5-16-33-23-9-6-8-22(20-23)26(31)30(13-7-12-29-14-17-32-18-15-29)27-28-24-11-10-21(4-2)19-25(24)34-27/h6,8-11,19-20H,3-5,7,12-18H2,1-2H3. The normalized spacial score (nSPS) is 14.4. The van der Waals surface area contributed by atoms with Gasteiger partial charge in [0, 0.05) is 31.7 Å². The third-order valence-electron chi connectivity index (χ3n) is 6.13. The number of ether oxygens (including phenoxy) is 2. The monoisotopic (exact) mass is 481 g/mol. The molecular weight excluding hydrogens is 446 g/mol. The van der Waals surface area contributed by atoms with E-state index >= 15 is 0 Å². The molecule has 7 heteroatoms. The summed E-state index contributed by atoms with van der Waals surface area (Å²) in [6.07, 6.45) is 3.94. The molecule has 6 nitrogen and oxygen atoms in total. The third-order valence-corrected chi connectivity index (χ3v) is 7.17. The van der Waals surface area contributed by atoms with E-state index in [0.717, 1.165) is 79.6 Å². The van der Waals surface area contributed by atoms with Gasteiger partial charge in [0.25, 0.3) is 5.91 Å². The molecule has 0 N–H and O–H groups in total. The molecule has 1 aromatic heterocycles. The van der Waals surface area contributed by atoms with Crippen molar-refractivity contribution < 1.29 is 14.3 Å². The molecular formula is C27H35N3O3S. The molecule has 0 radical (unpaired) electrons. The lowest BCUT2D eigenvalue weighted by Gasteiger charge is -2.27. The lowest BCUT2D eigenvalue weighted by molar-refractivity contribution is 0.0376. The largest absolute Gasteiger partial charge is 0.494 e. The Kier molecular flexibility index (Phi) is 8.91. The number of carbonyl (C=O) groups is 1. The Hall–Kier alpha value is -2.48. The van der Waals surface area contributed by atoms with E-state index in [9.17, 15) is 4.79 Å². The first-order chi connectivity index (χ1) is 16.7. The summed E-state index contributed by atoms with van der Waals surface area (Å²) in [6.45, 7) is 9.98. The lowest BCUT2D eigenvalue weighted by atomic mass is 10.2. The molecule has 2 heterocycles. The molecule has 1 saturated heterocycles. The molecule has 1 aliphatic rings. The van der Waals surface area contributed by atoms with E-state index in [4.69, 9.17) is 14.5 Å². The number of aryl methyl sites for hydroxylation is 1. The van der Waals surface area contributed by atoms with Crippen molar-refractivity contribution in [2.75, 3.05) is 50.9 Å². The van der Waals surface area contributed by atoms with Crippen LogP contribution in [0.3, 0.4) is 0 Å². The van der Waals surface area contributed by atoms with Crippen LogP contribution in [0.4, 0.5) is 5.13 Å². The van der Waals surface area contributed by atoms with Gasteiger partial charge in [-0.2, -0.15) is 0 Å². The molecule has 3 aromatic rings. The van der Waals surface area contributed by atoms with Crippen LogP contribution in [0.25, 0.3) is 10.2 Å². The van der Waals surface area contributed by atoms with Crippen LogP contribution < -0.4 is 9.64 Å². The van der Waals surface area contributed by atoms with E-state index in [-0.39, 0.29) is 5.91 Å². The summed E-state index contributed by atoms with van der Waals surface area (Å²) < 4.78 is 12.4. The molecule has 0 unspecified atom stereocenters. The average molecular weight is 482 g/mol. The second-order valence-electron chi connectivity index (χ2n) is 8.65. The SMILES string of the molecule is CCCCOc1cccc(C(=O)N(CCCN2CCOCC2)c2nc3ccc(CC)cc3s2)c1. The highest BCUT2D eigenvalue weighted by Gasteiger charge is 2.22. The van der Waals surface area contributed by atoms with Crippen molar-refractivity contribution >= 4 is 32.6 Å². The predicted octanol–water partition coefficient (Wildman–Crippen LogP) is 5.41. The van der Waals surface area contributed by atoms with Gasteiger partial charge in [-0.05, 0) is 55.2 Å². The summed E-state index contributed by atoms with van der Waals surface area (Å²) >= 11 is 1.59. The number of aromatic nitrogens is 1. The van der Waals surface area contributed by atoms with Gasteiger partial charge >= 0.3 is 0 Å². The smallest absolute Gasteiger partial charge is 0.260 e. The maximum Gasteiger partial charge on any atom is 0.260 e. The van der Waals surface area contributed by atoms with E-state index < -0.39 is 0 Å². The minimum absolute atomic E-state index is 0.0299. The number of thiazole rings is 1. The van der Waals surface area contributed by atoms with Crippen LogP contribution in [0, 0.1) is 0 Å². The highest BCUT2D eigenvalue weighted by molar-refractivity contribution is 7.22. The predicted molar refractivity (Wildman–Crippen MR) is 139 cm³/mol. The first kappa shape index (κ1) is 24.6. The number of hydrogen-bond donors (Lipinski definition) is 0. The zero-order valence-electron chi connectivity index (χ0n) is 20.3. The fourth-order valence-electron chi connectivity index (χ4n) is 4.06. The van der Waals surface area contributed by atoms with E-state index in [1.807, 2.05) is 29.2 Å². The van der Waals surface area contributed by atoms with Crippen LogP contribution in [0.15, 0.2) is 42.5 Å². The molecule has 0 atom stereocenters. The van der Waals surface area contributed by atoms with E-state index in [1.54, 1.807) is 11.3 Å². The van der Waals surface area contributed by atoms with Crippen LogP contribution >= 0.6 is 11.3 Å². The highest BCUT2D eigenvalue weighted by Crippen LogP contribution is 2.31. The minimum atomic E-state index is -0.0299. The van der Waals surface area contributed by atoms with Crippen molar-refractivity contribution in [3.8, 4) is 5.75 Å². The molecule has 0 spiro atoms. The fourth-order valence-corrected chi connectivity index (χ4v) is 5.12. The van der Waals surface area contributed by atoms with Crippen LogP contribution in [0.2, 0.25) is 0 Å². The van der Waals surface area contributed by atoms with Gasteiger partial charge in [0.15, 0.2) is 5.13 Å². The molecule has 1 amide bonds. The molecule has 0 bridgehead atoms. The van der Waals surface area contributed by atoms with Gasteiger partial charge in [-0.25, -0.2) is 4.98 Å². The summed E-state index contributed by atoms with van der Waals surface area (Å²) in [6, 6.07) is 13.9. The number of hydrogen-bond acceptors (Lipinski definition) is 6. The summed E-state index contributed by atoms with van der Waals surface area (Å²) in [5.74, 6) is 0.710. The van der Waals surface area contributed by atoms with Crippen LogP contribution in [0.1, 0.15) is 49.0 Å². The Bertz CT molecular complexity index is 1080. The first-order valence-electron chi connectivity index (χ1n) is 12.4. The van der Waals surface area contributed by atoms with E-state index in [0.29, 0.717) is 18.7 Å². The van der Waals surface area contributed by atoms with Crippen molar-refractivity contribution in [1.29, 1.82) is 0 Å². The fraction of sp³-hybridized carbons (Fsp3) is 0.481. The lowest BCUT2D eigenvalue weighted by Crippen LogP contribution is -2.39. The number of morpholine rings is 1. The topological polar surface area (TPSA) is 54.9 Å². The van der Waals surface area contributed by atoms with Gasteiger partial charge < -0.3 is 9.47 Å². The maximum absolute atomic E-state index is 13.7. The van der Waals surface area contributed by atoms with Gasteiger partial charge in [0.05, 0.1) is 30.0 Å². The van der Waals surface area contributed by atoms with Gasteiger partial charge in [-0.3, -0.25) is 14.6 Å². The molecule has 0 saturated carbocycles. The van der Waals surface area contributed by atoms with Crippen LogP contribution in [-0.2, 0) is 11.2 Å². The van der Waals surface area contributed by atoms with Crippen molar-refractivity contribution in [3.63, 3.8) is 0 Å².